The predicted octanol–water partition coefficient (Wildman–Crippen LogP) is 2.34. The summed E-state index contributed by atoms with van der Waals surface area (Å²) in [6.07, 6.45) is 2.46. The standard InChI is InChI=1S/C15H17ClN4O2/c1-10-6-12(8-22-10)14(21)18-15-17-9-20(19-15)7-11-2-4-13(16)5-3-11/h2-5,9-10,12H,6-8H2,1H3,(H,18,19,21). The minimum absolute atomic E-state index is 0.0893. The summed E-state index contributed by atoms with van der Waals surface area (Å²) in [7, 11) is 0. The lowest BCUT2D eigenvalue weighted by molar-refractivity contribution is -0.119. The second-order valence-corrected chi connectivity index (χ2v) is 5.89. The number of benzene rings is 1. The maximum absolute atomic E-state index is 12.1. The molecule has 1 amide bonds. The number of nitrogens with zero attached hydrogens (tertiary/aromatic N) is 3. The van der Waals surface area contributed by atoms with Crippen molar-refractivity contribution >= 4 is 23.5 Å². The molecule has 0 saturated carbocycles. The molecule has 2 atom stereocenters. The molecular formula is C15H17ClN4O2. The molecular weight excluding hydrogens is 304 g/mol. The van der Waals surface area contributed by atoms with E-state index >= 15 is 0 Å². The molecule has 1 saturated heterocycles. The maximum Gasteiger partial charge on any atom is 0.248 e. The van der Waals surface area contributed by atoms with Crippen LogP contribution in [0.4, 0.5) is 5.95 Å². The first-order chi connectivity index (χ1) is 10.6. The summed E-state index contributed by atoms with van der Waals surface area (Å²) in [6.45, 7) is 2.99. The van der Waals surface area contributed by atoms with Gasteiger partial charge in [0.05, 0.1) is 25.2 Å². The molecule has 1 aliphatic rings. The number of hydrogen-bond donors (Lipinski definition) is 1. The SMILES string of the molecule is CC1CC(C(=O)Nc2ncn(Cc3ccc(Cl)cc3)n2)CO1. The number of rotatable bonds is 4. The molecule has 1 N–H and O–H groups in total. The summed E-state index contributed by atoms with van der Waals surface area (Å²) in [5.41, 5.74) is 1.06. The van der Waals surface area contributed by atoms with Crippen LogP contribution in [0.1, 0.15) is 18.9 Å². The van der Waals surface area contributed by atoms with Gasteiger partial charge in [-0.3, -0.25) is 10.1 Å². The zero-order chi connectivity index (χ0) is 15.5. The molecule has 0 radical (unpaired) electrons. The molecule has 1 aliphatic heterocycles. The summed E-state index contributed by atoms with van der Waals surface area (Å²) < 4.78 is 7.07. The first kappa shape index (κ1) is 15.0. The molecule has 6 nitrogen and oxygen atoms in total. The second-order valence-electron chi connectivity index (χ2n) is 5.46. The Kier molecular flexibility index (Phi) is 4.40. The monoisotopic (exact) mass is 320 g/mol. The van der Waals surface area contributed by atoms with Crippen LogP contribution in [-0.4, -0.2) is 33.4 Å². The number of ether oxygens (including phenoxy) is 1. The molecule has 2 heterocycles. The van der Waals surface area contributed by atoms with Gasteiger partial charge >= 0.3 is 0 Å². The quantitative estimate of drug-likeness (QED) is 0.939. The number of carbonyl (C=O) groups is 1. The zero-order valence-electron chi connectivity index (χ0n) is 12.2. The van der Waals surface area contributed by atoms with Gasteiger partial charge in [-0.15, -0.1) is 5.10 Å². The molecule has 22 heavy (non-hydrogen) atoms. The molecule has 116 valence electrons. The van der Waals surface area contributed by atoms with Crippen molar-refractivity contribution in [1.82, 2.24) is 14.8 Å². The smallest absolute Gasteiger partial charge is 0.248 e. The Balaban J connectivity index is 1.59. The van der Waals surface area contributed by atoms with Crippen molar-refractivity contribution < 1.29 is 9.53 Å². The number of anilines is 1. The van der Waals surface area contributed by atoms with E-state index in [1.807, 2.05) is 31.2 Å². The highest BCUT2D eigenvalue weighted by molar-refractivity contribution is 6.30. The lowest BCUT2D eigenvalue weighted by atomic mass is 10.1. The molecule has 0 aliphatic carbocycles. The molecule has 1 fully saturated rings. The van der Waals surface area contributed by atoms with Crippen LogP contribution < -0.4 is 5.32 Å². The van der Waals surface area contributed by atoms with Crippen molar-refractivity contribution in [3.8, 4) is 0 Å². The Morgan fingerprint density at radius 3 is 2.91 bits per heavy atom. The topological polar surface area (TPSA) is 69.0 Å². The van der Waals surface area contributed by atoms with Crippen molar-refractivity contribution in [3.63, 3.8) is 0 Å². The van der Waals surface area contributed by atoms with Crippen molar-refractivity contribution in [3.05, 3.63) is 41.2 Å². The lowest BCUT2D eigenvalue weighted by Crippen LogP contribution is -2.23. The van der Waals surface area contributed by atoms with Gasteiger partial charge in [0.15, 0.2) is 0 Å². The number of halogens is 1. The average molecular weight is 321 g/mol. The molecule has 2 aromatic rings. The number of aromatic nitrogens is 3. The summed E-state index contributed by atoms with van der Waals surface area (Å²) >= 11 is 5.86. The molecule has 1 aromatic carbocycles. The van der Waals surface area contributed by atoms with E-state index < -0.39 is 0 Å². The van der Waals surface area contributed by atoms with Crippen LogP contribution in [0.2, 0.25) is 5.02 Å². The van der Waals surface area contributed by atoms with Crippen LogP contribution in [0.3, 0.4) is 0 Å². The maximum atomic E-state index is 12.1. The molecule has 7 heteroatoms. The van der Waals surface area contributed by atoms with E-state index in [9.17, 15) is 4.79 Å². The molecule has 0 spiro atoms. The van der Waals surface area contributed by atoms with E-state index in [1.165, 1.54) is 0 Å². The predicted molar refractivity (Wildman–Crippen MR) is 82.7 cm³/mol. The molecule has 3 rings (SSSR count). The Morgan fingerprint density at radius 2 is 2.23 bits per heavy atom. The van der Waals surface area contributed by atoms with Crippen LogP contribution >= 0.6 is 11.6 Å². The Labute approximate surface area is 133 Å². The van der Waals surface area contributed by atoms with Crippen molar-refractivity contribution in [2.45, 2.75) is 26.0 Å². The minimum atomic E-state index is -0.127. The highest BCUT2D eigenvalue weighted by atomic mass is 35.5. The zero-order valence-corrected chi connectivity index (χ0v) is 13.0. The van der Waals surface area contributed by atoms with Crippen LogP contribution in [0.5, 0.6) is 0 Å². The molecule has 2 unspecified atom stereocenters. The largest absolute Gasteiger partial charge is 0.378 e. The van der Waals surface area contributed by atoms with Crippen LogP contribution in [0.25, 0.3) is 0 Å². The van der Waals surface area contributed by atoms with Crippen molar-refractivity contribution in [1.29, 1.82) is 0 Å². The Morgan fingerprint density at radius 1 is 1.45 bits per heavy atom. The second kappa shape index (κ2) is 6.46. The van der Waals surface area contributed by atoms with E-state index in [-0.39, 0.29) is 17.9 Å². The van der Waals surface area contributed by atoms with Crippen LogP contribution in [0.15, 0.2) is 30.6 Å². The lowest BCUT2D eigenvalue weighted by Gasteiger charge is -2.06. The van der Waals surface area contributed by atoms with Crippen LogP contribution in [0, 0.1) is 5.92 Å². The van der Waals surface area contributed by atoms with Gasteiger partial charge < -0.3 is 4.74 Å². The van der Waals surface area contributed by atoms with E-state index in [0.29, 0.717) is 24.1 Å². The van der Waals surface area contributed by atoms with Gasteiger partial charge in [-0.05, 0) is 31.0 Å². The summed E-state index contributed by atoms with van der Waals surface area (Å²) in [6, 6.07) is 7.52. The van der Waals surface area contributed by atoms with Gasteiger partial charge in [0, 0.05) is 5.02 Å². The van der Waals surface area contributed by atoms with Gasteiger partial charge in [0.1, 0.15) is 6.33 Å². The van der Waals surface area contributed by atoms with E-state index in [0.717, 1.165) is 12.0 Å². The Hall–Kier alpha value is -1.92. The summed E-state index contributed by atoms with van der Waals surface area (Å²) in [5, 5.41) is 7.69. The van der Waals surface area contributed by atoms with E-state index in [1.54, 1.807) is 11.0 Å². The Bertz CT molecular complexity index is 656. The van der Waals surface area contributed by atoms with Crippen molar-refractivity contribution in [2.75, 3.05) is 11.9 Å². The fourth-order valence-corrected chi connectivity index (χ4v) is 2.54. The first-order valence-corrected chi connectivity index (χ1v) is 7.54. The number of hydrogen-bond acceptors (Lipinski definition) is 4. The van der Waals surface area contributed by atoms with Gasteiger partial charge in [-0.2, -0.15) is 0 Å². The summed E-state index contributed by atoms with van der Waals surface area (Å²) in [5.74, 6) is 0.102. The van der Waals surface area contributed by atoms with Gasteiger partial charge in [-0.1, -0.05) is 23.7 Å². The van der Waals surface area contributed by atoms with Crippen molar-refractivity contribution in [2.24, 2.45) is 5.92 Å². The third-order valence-electron chi connectivity index (χ3n) is 3.60. The third-order valence-corrected chi connectivity index (χ3v) is 3.85. The fourth-order valence-electron chi connectivity index (χ4n) is 2.42. The fraction of sp³-hybridized carbons (Fsp3) is 0.400. The third kappa shape index (κ3) is 3.64. The van der Waals surface area contributed by atoms with Crippen LogP contribution in [-0.2, 0) is 16.1 Å². The highest BCUT2D eigenvalue weighted by Gasteiger charge is 2.28. The number of amides is 1. The average Bonchev–Trinajstić information content (AvgIpc) is 3.11. The van der Waals surface area contributed by atoms with Gasteiger partial charge in [0.25, 0.3) is 0 Å². The van der Waals surface area contributed by atoms with Gasteiger partial charge in [0.2, 0.25) is 11.9 Å². The number of nitrogens with one attached hydrogen (secondary N) is 1. The number of carbonyl (C=O) groups excluding carboxylic acids is 1. The van der Waals surface area contributed by atoms with E-state index in [2.05, 4.69) is 15.4 Å². The van der Waals surface area contributed by atoms with Gasteiger partial charge in [-0.25, -0.2) is 9.67 Å². The van der Waals surface area contributed by atoms with E-state index in [4.69, 9.17) is 16.3 Å². The minimum Gasteiger partial charge on any atom is -0.378 e. The normalized spacial score (nSPS) is 21.0. The molecule has 0 bridgehead atoms. The first-order valence-electron chi connectivity index (χ1n) is 7.16. The molecule has 1 aromatic heterocycles. The summed E-state index contributed by atoms with van der Waals surface area (Å²) in [4.78, 5) is 16.2. The highest BCUT2D eigenvalue weighted by Crippen LogP contribution is 2.20.